The van der Waals surface area contributed by atoms with Crippen LogP contribution in [0.1, 0.15) is 10.5 Å². The number of aromatic nitrogens is 2. The molecule has 0 saturated heterocycles. The summed E-state index contributed by atoms with van der Waals surface area (Å²) in [5, 5.41) is 0. The number of rotatable bonds is 0. The van der Waals surface area contributed by atoms with Gasteiger partial charge in [-0.25, -0.2) is 9.78 Å². The summed E-state index contributed by atoms with van der Waals surface area (Å²) in [6.07, 6.45) is 1.68. The lowest BCUT2D eigenvalue weighted by Crippen LogP contribution is -3.14. The number of aryl methyl sites for hydroxylation is 1. The van der Waals surface area contributed by atoms with E-state index in [9.17, 15) is 4.79 Å². The maximum atomic E-state index is 11.6. The molecule has 2 heterocycles. The second-order valence-corrected chi connectivity index (χ2v) is 3.49. The van der Waals surface area contributed by atoms with E-state index < -0.39 is 0 Å². The predicted octanol–water partition coefficient (Wildman–Crippen LogP) is -1.52. The van der Waals surface area contributed by atoms with E-state index in [0.717, 1.165) is 10.7 Å². The number of anilines is 1. The molecular weight excluding hydrogens is 168 g/mol. The predicted molar refractivity (Wildman–Crippen MR) is 47.7 cm³/mol. The largest absolute Gasteiger partial charge is 0.367 e. The quantitative estimate of drug-likeness (QED) is 0.529. The SMILES string of the molecule is CN1C[NH+](C)C(=O)c2ncn(C)c21. The van der Waals surface area contributed by atoms with E-state index in [4.69, 9.17) is 0 Å². The fraction of sp³-hybridized carbons (Fsp3) is 0.500. The van der Waals surface area contributed by atoms with Crippen molar-refractivity contribution in [3.05, 3.63) is 12.0 Å². The number of nitrogens with zero attached hydrogens (tertiary/aromatic N) is 3. The monoisotopic (exact) mass is 181 g/mol. The Kier molecular flexibility index (Phi) is 1.63. The zero-order chi connectivity index (χ0) is 9.59. The van der Waals surface area contributed by atoms with Crippen LogP contribution in [0.15, 0.2) is 6.33 Å². The van der Waals surface area contributed by atoms with Crippen LogP contribution in [-0.2, 0) is 7.05 Å². The average molecular weight is 181 g/mol. The fourth-order valence-electron chi connectivity index (χ4n) is 1.74. The van der Waals surface area contributed by atoms with Gasteiger partial charge in [-0.2, -0.15) is 0 Å². The number of carbonyl (C=O) groups is 1. The Morgan fingerprint density at radius 3 is 2.92 bits per heavy atom. The molecular formula is C8H13N4O+. The number of hydrogen-bond donors (Lipinski definition) is 1. The number of hydrogen-bond acceptors (Lipinski definition) is 3. The summed E-state index contributed by atoms with van der Waals surface area (Å²) in [5.41, 5.74) is 0.578. The minimum atomic E-state index is 0.0775. The van der Waals surface area contributed by atoms with Gasteiger partial charge in [0.05, 0.1) is 13.4 Å². The molecule has 1 aromatic heterocycles. The van der Waals surface area contributed by atoms with Crippen molar-refractivity contribution < 1.29 is 9.69 Å². The fourth-order valence-corrected chi connectivity index (χ4v) is 1.74. The number of carbonyl (C=O) groups excluding carboxylic acids is 1. The van der Waals surface area contributed by atoms with Gasteiger partial charge in [-0.15, -0.1) is 0 Å². The Morgan fingerprint density at radius 2 is 2.23 bits per heavy atom. The van der Waals surface area contributed by atoms with Gasteiger partial charge in [-0.05, 0) is 0 Å². The molecule has 0 bridgehead atoms. The normalized spacial score (nSPS) is 21.9. The van der Waals surface area contributed by atoms with Crippen LogP contribution in [0.2, 0.25) is 0 Å². The Labute approximate surface area is 76.6 Å². The Morgan fingerprint density at radius 1 is 1.54 bits per heavy atom. The molecule has 13 heavy (non-hydrogen) atoms. The third kappa shape index (κ3) is 1.04. The van der Waals surface area contributed by atoms with Gasteiger partial charge >= 0.3 is 5.91 Å². The van der Waals surface area contributed by atoms with E-state index in [0.29, 0.717) is 12.4 Å². The zero-order valence-electron chi connectivity index (χ0n) is 8.03. The topological polar surface area (TPSA) is 42.6 Å². The van der Waals surface area contributed by atoms with E-state index in [1.54, 1.807) is 6.33 Å². The molecule has 0 saturated carbocycles. The first-order valence-corrected chi connectivity index (χ1v) is 4.21. The Balaban J connectivity index is 2.56. The number of nitrogens with one attached hydrogen (secondary N) is 1. The van der Waals surface area contributed by atoms with Crippen molar-refractivity contribution in [1.29, 1.82) is 0 Å². The third-order valence-corrected chi connectivity index (χ3v) is 2.34. The molecule has 5 nitrogen and oxygen atoms in total. The van der Waals surface area contributed by atoms with Crippen molar-refractivity contribution in [1.82, 2.24) is 9.55 Å². The van der Waals surface area contributed by atoms with Crippen molar-refractivity contribution >= 4 is 11.7 Å². The van der Waals surface area contributed by atoms with Crippen LogP contribution in [0.25, 0.3) is 0 Å². The summed E-state index contributed by atoms with van der Waals surface area (Å²) < 4.78 is 1.87. The number of quaternary nitrogens is 1. The van der Waals surface area contributed by atoms with E-state index in [1.807, 2.05) is 30.6 Å². The molecule has 1 N–H and O–H groups in total. The maximum absolute atomic E-state index is 11.6. The van der Waals surface area contributed by atoms with Crippen molar-refractivity contribution in [2.45, 2.75) is 0 Å². The molecule has 0 aliphatic carbocycles. The molecule has 1 amide bonds. The van der Waals surface area contributed by atoms with E-state index in [-0.39, 0.29) is 5.91 Å². The zero-order valence-corrected chi connectivity index (χ0v) is 8.03. The van der Waals surface area contributed by atoms with E-state index in [2.05, 4.69) is 4.98 Å². The average Bonchev–Trinajstić information content (AvgIpc) is 2.44. The minimum Gasteiger partial charge on any atom is -0.320 e. The lowest BCUT2D eigenvalue weighted by Gasteiger charge is -2.26. The molecule has 2 rings (SSSR count). The van der Waals surface area contributed by atoms with Crippen LogP contribution in [0.3, 0.4) is 0 Å². The van der Waals surface area contributed by atoms with Gasteiger partial charge < -0.3 is 9.47 Å². The maximum Gasteiger partial charge on any atom is 0.367 e. The second kappa shape index (κ2) is 2.56. The first-order valence-electron chi connectivity index (χ1n) is 4.21. The molecule has 1 aliphatic rings. The van der Waals surface area contributed by atoms with Crippen molar-refractivity contribution in [3.8, 4) is 0 Å². The highest BCUT2D eigenvalue weighted by atomic mass is 16.2. The van der Waals surface area contributed by atoms with Crippen LogP contribution >= 0.6 is 0 Å². The first kappa shape index (κ1) is 8.25. The van der Waals surface area contributed by atoms with Gasteiger partial charge in [0.15, 0.2) is 6.67 Å². The molecule has 1 atom stereocenters. The van der Waals surface area contributed by atoms with Crippen LogP contribution in [0.4, 0.5) is 5.82 Å². The van der Waals surface area contributed by atoms with Gasteiger partial charge in [0.25, 0.3) is 0 Å². The van der Waals surface area contributed by atoms with Crippen LogP contribution in [0, 0.1) is 0 Å². The first-order chi connectivity index (χ1) is 6.11. The molecule has 1 aromatic rings. The Hall–Kier alpha value is -1.36. The second-order valence-electron chi connectivity index (χ2n) is 3.49. The highest BCUT2D eigenvalue weighted by molar-refractivity contribution is 5.92. The smallest absolute Gasteiger partial charge is 0.320 e. The third-order valence-electron chi connectivity index (χ3n) is 2.34. The minimum absolute atomic E-state index is 0.0775. The lowest BCUT2D eigenvalue weighted by atomic mass is 10.3. The summed E-state index contributed by atoms with van der Waals surface area (Å²) >= 11 is 0. The lowest BCUT2D eigenvalue weighted by molar-refractivity contribution is -0.792. The molecule has 70 valence electrons. The number of imidazole rings is 1. The van der Waals surface area contributed by atoms with Gasteiger partial charge in [0.1, 0.15) is 5.82 Å². The number of fused-ring (bicyclic) bond motifs is 1. The van der Waals surface area contributed by atoms with Crippen molar-refractivity contribution in [2.75, 3.05) is 25.7 Å². The summed E-state index contributed by atoms with van der Waals surface area (Å²) in [6.45, 7) is 0.700. The van der Waals surface area contributed by atoms with Gasteiger partial charge in [-0.3, -0.25) is 4.90 Å². The molecule has 1 aliphatic heterocycles. The van der Waals surface area contributed by atoms with Gasteiger partial charge in [0.2, 0.25) is 5.69 Å². The summed E-state index contributed by atoms with van der Waals surface area (Å²) in [6, 6.07) is 0. The molecule has 1 unspecified atom stereocenters. The summed E-state index contributed by atoms with van der Waals surface area (Å²) in [5.74, 6) is 0.990. The summed E-state index contributed by atoms with van der Waals surface area (Å²) in [4.78, 5) is 18.6. The molecule has 0 fully saturated rings. The van der Waals surface area contributed by atoms with Crippen LogP contribution in [0.5, 0.6) is 0 Å². The van der Waals surface area contributed by atoms with Crippen molar-refractivity contribution in [2.24, 2.45) is 7.05 Å². The van der Waals surface area contributed by atoms with Gasteiger partial charge in [0, 0.05) is 14.1 Å². The standard InChI is InChI=1S/C8H12N4O/c1-10-4-9-6-7(10)11(2)5-12(3)8(6)13/h4H,5H2,1-3H3/p+1. The van der Waals surface area contributed by atoms with Gasteiger partial charge in [-0.1, -0.05) is 0 Å². The highest BCUT2D eigenvalue weighted by Crippen LogP contribution is 2.17. The van der Waals surface area contributed by atoms with E-state index >= 15 is 0 Å². The van der Waals surface area contributed by atoms with E-state index in [1.165, 1.54) is 0 Å². The molecule has 0 spiro atoms. The number of amides is 1. The molecule has 0 radical (unpaired) electrons. The van der Waals surface area contributed by atoms with Crippen molar-refractivity contribution in [3.63, 3.8) is 0 Å². The molecule has 5 heteroatoms. The summed E-state index contributed by atoms with van der Waals surface area (Å²) in [7, 11) is 5.73. The van der Waals surface area contributed by atoms with Crippen LogP contribution in [-0.4, -0.2) is 36.2 Å². The Bertz CT molecular complexity index is 357. The highest BCUT2D eigenvalue weighted by Gasteiger charge is 2.33. The molecule has 0 aromatic carbocycles. The van der Waals surface area contributed by atoms with Crippen LogP contribution < -0.4 is 9.80 Å².